The number of hydrogen-bond acceptors (Lipinski definition) is 2. The molecule has 1 aliphatic heterocycles. The van der Waals surface area contributed by atoms with E-state index >= 15 is 0 Å². The Balaban J connectivity index is 1.88. The molecule has 0 bridgehead atoms. The number of carbonyl (C=O) groups is 1. The largest absolute Gasteiger partial charge is 0.322 e. The van der Waals surface area contributed by atoms with Crippen LogP contribution in [-0.4, -0.2) is 12.5 Å². The molecule has 1 aliphatic rings. The summed E-state index contributed by atoms with van der Waals surface area (Å²) in [5, 5.41) is 6.12. The number of fused-ring (bicyclic) bond motifs is 1. The van der Waals surface area contributed by atoms with Crippen molar-refractivity contribution in [1.29, 1.82) is 0 Å². The molecule has 0 saturated carbocycles. The summed E-state index contributed by atoms with van der Waals surface area (Å²) in [7, 11) is 0. The summed E-state index contributed by atoms with van der Waals surface area (Å²) >= 11 is 3.18. The Morgan fingerprint density at radius 3 is 2.95 bits per heavy atom. The fourth-order valence-electron chi connectivity index (χ4n) is 2.51. The van der Waals surface area contributed by atoms with Crippen molar-refractivity contribution in [2.24, 2.45) is 0 Å². The van der Waals surface area contributed by atoms with Gasteiger partial charge in [-0.25, -0.2) is 4.39 Å². The lowest BCUT2D eigenvalue weighted by atomic mass is 9.99. The minimum absolute atomic E-state index is 0.0461. The van der Waals surface area contributed by atoms with E-state index < -0.39 is 11.7 Å². The molecule has 2 aromatic carbocycles. The van der Waals surface area contributed by atoms with Crippen molar-refractivity contribution in [2.45, 2.75) is 13.0 Å². The van der Waals surface area contributed by atoms with E-state index in [4.69, 9.17) is 0 Å². The Labute approximate surface area is 130 Å². The van der Waals surface area contributed by atoms with E-state index in [0.717, 1.165) is 30.8 Å². The van der Waals surface area contributed by atoms with E-state index in [2.05, 4.69) is 26.6 Å². The fourth-order valence-corrected chi connectivity index (χ4v) is 2.85. The molecule has 0 atom stereocenters. The van der Waals surface area contributed by atoms with E-state index in [0.29, 0.717) is 4.47 Å². The lowest BCUT2D eigenvalue weighted by Gasteiger charge is -2.20. The second-order valence-corrected chi connectivity index (χ2v) is 5.86. The van der Waals surface area contributed by atoms with Gasteiger partial charge in [-0.2, -0.15) is 0 Å². The maximum atomic E-state index is 13.8. The summed E-state index contributed by atoms with van der Waals surface area (Å²) in [6.07, 6.45) is 0.856. The summed E-state index contributed by atoms with van der Waals surface area (Å²) in [6.45, 7) is 1.68. The van der Waals surface area contributed by atoms with E-state index in [1.165, 1.54) is 17.7 Å². The van der Waals surface area contributed by atoms with Crippen LogP contribution >= 0.6 is 15.9 Å². The third-order valence-corrected chi connectivity index (χ3v) is 4.06. The van der Waals surface area contributed by atoms with Gasteiger partial charge in [-0.3, -0.25) is 4.79 Å². The molecule has 5 heteroatoms. The topological polar surface area (TPSA) is 41.1 Å². The molecule has 0 unspecified atom stereocenters. The van der Waals surface area contributed by atoms with Crippen molar-refractivity contribution < 1.29 is 9.18 Å². The molecule has 0 radical (unpaired) electrons. The van der Waals surface area contributed by atoms with Crippen LogP contribution in [0.1, 0.15) is 21.5 Å². The average Bonchev–Trinajstić information content (AvgIpc) is 2.47. The van der Waals surface area contributed by atoms with Gasteiger partial charge in [0.05, 0.1) is 5.56 Å². The van der Waals surface area contributed by atoms with Crippen molar-refractivity contribution in [3.63, 3.8) is 0 Å². The summed E-state index contributed by atoms with van der Waals surface area (Å²) in [6, 6.07) is 10.2. The molecule has 2 aromatic rings. The highest BCUT2D eigenvalue weighted by molar-refractivity contribution is 9.10. The van der Waals surface area contributed by atoms with Crippen molar-refractivity contribution >= 4 is 27.5 Å². The number of halogens is 2. The smallest absolute Gasteiger partial charge is 0.258 e. The minimum atomic E-state index is -0.534. The van der Waals surface area contributed by atoms with Gasteiger partial charge in [-0.05, 0) is 48.4 Å². The van der Waals surface area contributed by atoms with Crippen LogP contribution in [0.5, 0.6) is 0 Å². The van der Waals surface area contributed by atoms with Gasteiger partial charge in [0.15, 0.2) is 0 Å². The first-order chi connectivity index (χ1) is 10.1. The molecule has 3 rings (SSSR count). The molecule has 0 spiro atoms. The first-order valence-corrected chi connectivity index (χ1v) is 7.52. The van der Waals surface area contributed by atoms with Gasteiger partial charge in [-0.15, -0.1) is 0 Å². The Hall–Kier alpha value is -1.72. The third kappa shape index (κ3) is 2.99. The van der Waals surface area contributed by atoms with Crippen molar-refractivity contribution in [2.75, 3.05) is 11.9 Å². The van der Waals surface area contributed by atoms with E-state index in [1.54, 1.807) is 6.07 Å². The molecule has 0 aliphatic carbocycles. The Morgan fingerprint density at radius 2 is 2.14 bits per heavy atom. The number of rotatable bonds is 2. The van der Waals surface area contributed by atoms with Gasteiger partial charge in [0.25, 0.3) is 5.91 Å². The van der Waals surface area contributed by atoms with Crippen LogP contribution in [0.25, 0.3) is 0 Å². The normalized spacial score (nSPS) is 13.6. The second kappa shape index (κ2) is 5.95. The van der Waals surface area contributed by atoms with Gasteiger partial charge >= 0.3 is 0 Å². The molecule has 2 N–H and O–H groups in total. The zero-order valence-electron chi connectivity index (χ0n) is 11.2. The third-order valence-electron chi connectivity index (χ3n) is 3.56. The highest BCUT2D eigenvalue weighted by Crippen LogP contribution is 2.24. The molecule has 108 valence electrons. The molecular formula is C16H14BrFN2O. The first-order valence-electron chi connectivity index (χ1n) is 6.73. The van der Waals surface area contributed by atoms with E-state index in [9.17, 15) is 9.18 Å². The average molecular weight is 349 g/mol. The number of hydrogen-bond donors (Lipinski definition) is 2. The number of nitrogens with one attached hydrogen (secondary N) is 2. The quantitative estimate of drug-likeness (QED) is 0.872. The fraction of sp³-hybridized carbons (Fsp3) is 0.188. The van der Waals surface area contributed by atoms with Crippen molar-refractivity contribution in [3.8, 4) is 0 Å². The minimum Gasteiger partial charge on any atom is -0.322 e. The summed E-state index contributed by atoms with van der Waals surface area (Å²) in [4.78, 5) is 12.2. The molecule has 1 heterocycles. The summed E-state index contributed by atoms with van der Waals surface area (Å²) < 4.78 is 14.5. The number of amides is 1. The number of benzene rings is 2. The predicted molar refractivity (Wildman–Crippen MR) is 83.9 cm³/mol. The van der Waals surface area contributed by atoms with Crippen LogP contribution in [0.3, 0.4) is 0 Å². The van der Waals surface area contributed by atoms with Crippen molar-refractivity contribution in [1.82, 2.24) is 5.32 Å². The van der Waals surface area contributed by atoms with Crippen LogP contribution in [0.15, 0.2) is 40.9 Å². The van der Waals surface area contributed by atoms with Crippen LogP contribution in [0, 0.1) is 5.82 Å². The zero-order valence-corrected chi connectivity index (χ0v) is 12.8. The van der Waals surface area contributed by atoms with Crippen molar-refractivity contribution in [3.05, 3.63) is 63.4 Å². The maximum absolute atomic E-state index is 13.8. The van der Waals surface area contributed by atoms with E-state index in [1.807, 2.05) is 18.2 Å². The van der Waals surface area contributed by atoms with Crippen LogP contribution in [0.2, 0.25) is 0 Å². The summed E-state index contributed by atoms with van der Waals surface area (Å²) in [5.41, 5.74) is 3.11. The van der Waals surface area contributed by atoms with E-state index in [-0.39, 0.29) is 5.56 Å². The summed E-state index contributed by atoms with van der Waals surface area (Å²) in [5.74, 6) is -0.958. The predicted octanol–water partition coefficient (Wildman–Crippen LogP) is 3.49. The highest BCUT2D eigenvalue weighted by atomic mass is 79.9. The van der Waals surface area contributed by atoms with Gasteiger partial charge in [-0.1, -0.05) is 28.1 Å². The SMILES string of the molecule is O=C(Nc1cccc2c1CCNC2)c1ccc(Br)cc1F. The molecule has 3 nitrogen and oxygen atoms in total. The molecular weight excluding hydrogens is 335 g/mol. The Morgan fingerprint density at radius 1 is 1.29 bits per heavy atom. The van der Waals surface area contributed by atoms with Gasteiger partial charge < -0.3 is 10.6 Å². The Kier molecular flexibility index (Phi) is 4.03. The molecule has 21 heavy (non-hydrogen) atoms. The molecule has 0 aromatic heterocycles. The monoisotopic (exact) mass is 348 g/mol. The lowest BCUT2D eigenvalue weighted by Crippen LogP contribution is -2.25. The number of carbonyl (C=O) groups excluding carboxylic acids is 1. The maximum Gasteiger partial charge on any atom is 0.258 e. The number of anilines is 1. The van der Waals surface area contributed by atoms with Gasteiger partial charge in [0.2, 0.25) is 0 Å². The molecule has 1 amide bonds. The molecule has 0 saturated heterocycles. The first kappa shape index (κ1) is 14.2. The molecule has 0 fully saturated rings. The Bertz CT molecular complexity index is 703. The standard InChI is InChI=1S/C16H14BrFN2O/c17-11-4-5-13(14(18)8-11)16(21)20-15-3-1-2-10-9-19-7-6-12(10)15/h1-5,8,19H,6-7,9H2,(H,20,21). The van der Waals surface area contributed by atoms with Gasteiger partial charge in [0, 0.05) is 16.7 Å². The van der Waals surface area contributed by atoms with Crippen LogP contribution in [0.4, 0.5) is 10.1 Å². The lowest BCUT2D eigenvalue weighted by molar-refractivity contribution is 0.102. The highest BCUT2D eigenvalue weighted by Gasteiger charge is 2.16. The zero-order chi connectivity index (χ0) is 14.8. The van der Waals surface area contributed by atoms with Crippen LogP contribution in [-0.2, 0) is 13.0 Å². The van der Waals surface area contributed by atoms with Gasteiger partial charge in [0.1, 0.15) is 5.82 Å². The second-order valence-electron chi connectivity index (χ2n) is 4.95. The van der Waals surface area contributed by atoms with Crippen LogP contribution < -0.4 is 10.6 Å².